The summed E-state index contributed by atoms with van der Waals surface area (Å²) in [7, 11) is 0. The fourth-order valence-electron chi connectivity index (χ4n) is 3.80. The Kier molecular flexibility index (Phi) is 4.37. The molecule has 1 atom stereocenters. The monoisotopic (exact) mass is 319 g/mol. The molecule has 0 spiro atoms. The normalized spacial score (nSPS) is 18.0. The third-order valence-corrected chi connectivity index (χ3v) is 5.18. The van der Waals surface area contributed by atoms with E-state index in [1.807, 2.05) is 0 Å². The van der Waals surface area contributed by atoms with Gasteiger partial charge in [0.05, 0.1) is 6.04 Å². The number of rotatable bonds is 4. The largest absolute Gasteiger partial charge is 0.357 e. The molecule has 124 valence electrons. The number of aromatic amines is 1. The van der Waals surface area contributed by atoms with Gasteiger partial charge in [-0.05, 0) is 29.6 Å². The molecule has 3 nitrogen and oxygen atoms in total. The van der Waals surface area contributed by atoms with Crippen LogP contribution in [0.15, 0.2) is 60.7 Å². The zero-order valence-electron chi connectivity index (χ0n) is 14.3. The van der Waals surface area contributed by atoms with Gasteiger partial charge in [0.1, 0.15) is 0 Å². The van der Waals surface area contributed by atoms with E-state index in [0.29, 0.717) is 6.04 Å². The van der Waals surface area contributed by atoms with Gasteiger partial charge in [0.15, 0.2) is 0 Å². The van der Waals surface area contributed by atoms with Crippen LogP contribution < -0.4 is 0 Å². The van der Waals surface area contributed by atoms with Gasteiger partial charge in [-0.25, -0.2) is 0 Å². The molecule has 1 N–H and O–H groups in total. The highest BCUT2D eigenvalue weighted by Crippen LogP contribution is 2.31. The summed E-state index contributed by atoms with van der Waals surface area (Å²) in [5.41, 5.74) is 3.89. The van der Waals surface area contributed by atoms with Crippen LogP contribution in [0.3, 0.4) is 0 Å². The van der Waals surface area contributed by atoms with Crippen LogP contribution in [0, 0.1) is 0 Å². The first-order valence-corrected chi connectivity index (χ1v) is 8.94. The number of likely N-dealkylation sites (N-methyl/N-ethyl adjacent to an activating group) is 1. The lowest BCUT2D eigenvalue weighted by molar-refractivity contribution is 0.112. The molecule has 0 bridgehead atoms. The number of fused-ring (bicyclic) bond motifs is 1. The van der Waals surface area contributed by atoms with Gasteiger partial charge in [-0.1, -0.05) is 55.5 Å². The summed E-state index contributed by atoms with van der Waals surface area (Å²) in [4.78, 5) is 8.81. The van der Waals surface area contributed by atoms with E-state index in [2.05, 4.69) is 82.4 Å². The fourth-order valence-corrected chi connectivity index (χ4v) is 3.80. The first-order chi connectivity index (χ1) is 11.8. The molecular weight excluding hydrogens is 294 g/mol. The van der Waals surface area contributed by atoms with E-state index in [4.69, 9.17) is 0 Å². The van der Waals surface area contributed by atoms with Crippen molar-refractivity contribution < 1.29 is 0 Å². The van der Waals surface area contributed by atoms with E-state index >= 15 is 0 Å². The molecule has 1 saturated heterocycles. The predicted octanol–water partition coefficient (Wildman–Crippen LogP) is 3.89. The fraction of sp³-hybridized carbons (Fsp3) is 0.333. The molecule has 2 aromatic carbocycles. The molecule has 0 saturated carbocycles. The molecule has 3 heteroatoms. The van der Waals surface area contributed by atoms with Crippen molar-refractivity contribution in [2.75, 3.05) is 32.7 Å². The van der Waals surface area contributed by atoms with Crippen LogP contribution in [-0.2, 0) is 0 Å². The number of hydrogen-bond donors (Lipinski definition) is 1. The van der Waals surface area contributed by atoms with Crippen LogP contribution in [0.25, 0.3) is 10.9 Å². The topological polar surface area (TPSA) is 22.3 Å². The second-order valence-corrected chi connectivity index (χ2v) is 6.60. The molecule has 0 amide bonds. The Balaban J connectivity index is 1.71. The lowest BCUT2D eigenvalue weighted by Gasteiger charge is -2.39. The number of nitrogens with one attached hydrogen (secondary N) is 1. The van der Waals surface area contributed by atoms with Crippen molar-refractivity contribution in [1.82, 2.24) is 14.8 Å². The summed E-state index contributed by atoms with van der Waals surface area (Å²) >= 11 is 0. The molecule has 1 aliphatic rings. The molecule has 1 aliphatic heterocycles. The summed E-state index contributed by atoms with van der Waals surface area (Å²) in [6.07, 6.45) is 0. The molecule has 3 aromatic rings. The molecular formula is C21H25N3. The second-order valence-electron chi connectivity index (χ2n) is 6.60. The standard InChI is InChI=1S/C21H25N3/c1-2-23-12-14-24(15-13-23)21(17-8-4-3-5-9-17)20-16-18-10-6-7-11-19(18)22-20/h3-11,16,21-22H,2,12-15H2,1H3. The number of benzene rings is 2. The molecule has 24 heavy (non-hydrogen) atoms. The highest BCUT2D eigenvalue weighted by Gasteiger charge is 2.27. The molecule has 0 radical (unpaired) electrons. The van der Waals surface area contributed by atoms with Gasteiger partial charge in [-0.3, -0.25) is 4.90 Å². The number of nitrogens with zero attached hydrogens (tertiary/aromatic N) is 2. The first kappa shape index (κ1) is 15.4. The van der Waals surface area contributed by atoms with Gasteiger partial charge in [-0.15, -0.1) is 0 Å². The van der Waals surface area contributed by atoms with Crippen molar-refractivity contribution in [2.45, 2.75) is 13.0 Å². The average molecular weight is 319 g/mol. The number of H-pyrrole nitrogens is 1. The number of hydrogen-bond acceptors (Lipinski definition) is 2. The molecule has 1 unspecified atom stereocenters. The van der Waals surface area contributed by atoms with Gasteiger partial charge in [0.25, 0.3) is 0 Å². The third-order valence-electron chi connectivity index (χ3n) is 5.18. The van der Waals surface area contributed by atoms with E-state index in [0.717, 1.165) is 32.7 Å². The summed E-state index contributed by atoms with van der Waals surface area (Å²) in [5.74, 6) is 0. The van der Waals surface area contributed by atoms with Crippen molar-refractivity contribution >= 4 is 10.9 Å². The molecule has 2 heterocycles. The Morgan fingerprint density at radius 1 is 0.917 bits per heavy atom. The minimum atomic E-state index is 0.303. The van der Waals surface area contributed by atoms with Gasteiger partial charge in [-0.2, -0.15) is 0 Å². The Hall–Kier alpha value is -2.10. The quantitative estimate of drug-likeness (QED) is 0.788. The van der Waals surface area contributed by atoms with E-state index < -0.39 is 0 Å². The van der Waals surface area contributed by atoms with Gasteiger partial charge >= 0.3 is 0 Å². The van der Waals surface area contributed by atoms with Crippen LogP contribution in [0.4, 0.5) is 0 Å². The lowest BCUT2D eigenvalue weighted by atomic mass is 10.0. The third kappa shape index (κ3) is 2.97. The van der Waals surface area contributed by atoms with Gasteiger partial charge in [0.2, 0.25) is 0 Å². The maximum absolute atomic E-state index is 3.66. The Morgan fingerprint density at radius 3 is 2.33 bits per heavy atom. The zero-order chi connectivity index (χ0) is 16.4. The van der Waals surface area contributed by atoms with Crippen molar-refractivity contribution in [1.29, 1.82) is 0 Å². The number of para-hydroxylation sites is 1. The summed E-state index contributed by atoms with van der Waals surface area (Å²) < 4.78 is 0. The van der Waals surface area contributed by atoms with Gasteiger partial charge < -0.3 is 9.88 Å². The summed E-state index contributed by atoms with van der Waals surface area (Å²) in [6.45, 7) is 7.93. The minimum absolute atomic E-state index is 0.303. The molecule has 0 aliphatic carbocycles. The second kappa shape index (κ2) is 6.80. The van der Waals surface area contributed by atoms with Crippen molar-refractivity contribution in [3.8, 4) is 0 Å². The van der Waals surface area contributed by atoms with Crippen molar-refractivity contribution in [3.05, 3.63) is 71.9 Å². The predicted molar refractivity (Wildman–Crippen MR) is 100 cm³/mol. The Morgan fingerprint density at radius 2 is 1.62 bits per heavy atom. The number of piperazine rings is 1. The Labute approximate surface area is 143 Å². The minimum Gasteiger partial charge on any atom is -0.357 e. The lowest BCUT2D eigenvalue weighted by Crippen LogP contribution is -2.47. The smallest absolute Gasteiger partial charge is 0.0755 e. The Bertz CT molecular complexity index is 752. The molecule has 1 fully saturated rings. The van der Waals surface area contributed by atoms with E-state index in [1.165, 1.54) is 22.2 Å². The van der Waals surface area contributed by atoms with Crippen LogP contribution >= 0.6 is 0 Å². The highest BCUT2D eigenvalue weighted by atomic mass is 15.3. The maximum Gasteiger partial charge on any atom is 0.0755 e. The zero-order valence-corrected chi connectivity index (χ0v) is 14.3. The van der Waals surface area contributed by atoms with Crippen LogP contribution in [0.5, 0.6) is 0 Å². The van der Waals surface area contributed by atoms with E-state index in [-0.39, 0.29) is 0 Å². The van der Waals surface area contributed by atoms with Crippen molar-refractivity contribution in [3.63, 3.8) is 0 Å². The summed E-state index contributed by atoms with van der Waals surface area (Å²) in [5, 5.41) is 1.29. The molecule has 4 rings (SSSR count). The van der Waals surface area contributed by atoms with Crippen LogP contribution in [0.2, 0.25) is 0 Å². The van der Waals surface area contributed by atoms with Crippen LogP contribution in [-0.4, -0.2) is 47.5 Å². The van der Waals surface area contributed by atoms with Gasteiger partial charge in [0, 0.05) is 37.4 Å². The molecule has 1 aromatic heterocycles. The highest BCUT2D eigenvalue weighted by molar-refractivity contribution is 5.80. The SMILES string of the molecule is CCN1CCN(C(c2ccccc2)c2cc3ccccc3[nH]2)CC1. The maximum atomic E-state index is 3.66. The van der Waals surface area contributed by atoms with Crippen LogP contribution in [0.1, 0.15) is 24.2 Å². The van der Waals surface area contributed by atoms with Crippen molar-refractivity contribution in [2.24, 2.45) is 0 Å². The number of aromatic nitrogens is 1. The summed E-state index contributed by atoms with van der Waals surface area (Å²) in [6, 6.07) is 22.1. The average Bonchev–Trinajstić information content (AvgIpc) is 3.07. The van der Waals surface area contributed by atoms with E-state index in [9.17, 15) is 0 Å². The first-order valence-electron chi connectivity index (χ1n) is 8.94. The van der Waals surface area contributed by atoms with E-state index in [1.54, 1.807) is 0 Å².